The number of ketones is 1. The Kier molecular flexibility index (Phi) is 6.70. The highest BCUT2D eigenvalue weighted by Gasteiger charge is 2.47. The van der Waals surface area contributed by atoms with Gasteiger partial charge in [-0.1, -0.05) is 38.1 Å². The first kappa shape index (κ1) is 24.2. The van der Waals surface area contributed by atoms with Gasteiger partial charge in [-0.2, -0.15) is 0 Å². The van der Waals surface area contributed by atoms with E-state index in [1.807, 2.05) is 0 Å². The van der Waals surface area contributed by atoms with Gasteiger partial charge in [0.15, 0.2) is 11.5 Å². The van der Waals surface area contributed by atoms with Crippen molar-refractivity contribution >= 4 is 17.4 Å². The van der Waals surface area contributed by atoms with E-state index in [2.05, 4.69) is 10.1 Å². The molecule has 2 aromatic heterocycles. The van der Waals surface area contributed by atoms with Crippen LogP contribution in [0.4, 0.5) is 5.69 Å². The van der Waals surface area contributed by atoms with Gasteiger partial charge < -0.3 is 19.1 Å². The van der Waals surface area contributed by atoms with Crippen molar-refractivity contribution in [2.24, 2.45) is 5.41 Å². The Morgan fingerprint density at radius 2 is 1.89 bits per heavy atom. The van der Waals surface area contributed by atoms with Crippen molar-refractivity contribution in [3.05, 3.63) is 71.8 Å². The molecule has 1 unspecified atom stereocenters. The van der Waals surface area contributed by atoms with Gasteiger partial charge in [-0.25, -0.2) is 4.98 Å². The number of anilines is 1. The SMILES string of the molecule is COCCOc1ncccc1C1C(C(=O)C(C)(C)C)=C(O)C(=O)N1c1ccc(-c2ccon2)cc1. The Balaban J connectivity index is 1.82. The van der Waals surface area contributed by atoms with Crippen molar-refractivity contribution in [3.63, 3.8) is 0 Å². The van der Waals surface area contributed by atoms with Crippen molar-refractivity contribution in [2.75, 3.05) is 25.2 Å². The summed E-state index contributed by atoms with van der Waals surface area (Å²) in [5.74, 6) is -1.35. The minimum absolute atomic E-state index is 0.00710. The fourth-order valence-electron chi connectivity index (χ4n) is 3.91. The van der Waals surface area contributed by atoms with Crippen LogP contribution in [0.1, 0.15) is 32.4 Å². The summed E-state index contributed by atoms with van der Waals surface area (Å²) < 4.78 is 15.8. The van der Waals surface area contributed by atoms with Gasteiger partial charge in [-0.3, -0.25) is 14.5 Å². The van der Waals surface area contributed by atoms with Gasteiger partial charge in [-0.15, -0.1) is 0 Å². The molecule has 0 radical (unpaired) electrons. The minimum atomic E-state index is -0.932. The molecule has 0 fully saturated rings. The normalized spacial score (nSPS) is 16.2. The maximum atomic E-state index is 13.5. The number of benzene rings is 1. The Morgan fingerprint density at radius 1 is 1.14 bits per heavy atom. The molecular formula is C26H27N3O6. The summed E-state index contributed by atoms with van der Waals surface area (Å²) in [7, 11) is 1.56. The zero-order chi connectivity index (χ0) is 25.2. The molecule has 1 N–H and O–H groups in total. The van der Waals surface area contributed by atoms with E-state index in [-0.39, 0.29) is 23.8 Å². The van der Waals surface area contributed by atoms with Crippen LogP contribution >= 0.6 is 0 Å². The first-order valence-electron chi connectivity index (χ1n) is 11.1. The van der Waals surface area contributed by atoms with Crippen molar-refractivity contribution in [2.45, 2.75) is 26.8 Å². The average Bonchev–Trinajstić information content (AvgIpc) is 3.46. The molecule has 9 heteroatoms. The van der Waals surface area contributed by atoms with Crippen LogP contribution in [0.2, 0.25) is 0 Å². The lowest BCUT2D eigenvalue weighted by molar-refractivity contribution is -0.123. The average molecular weight is 478 g/mol. The summed E-state index contributed by atoms with van der Waals surface area (Å²) in [5, 5.41) is 14.9. The molecular weight excluding hydrogens is 450 g/mol. The number of rotatable bonds is 8. The molecule has 1 aromatic carbocycles. The molecule has 4 rings (SSSR count). The second-order valence-electron chi connectivity index (χ2n) is 9.09. The monoisotopic (exact) mass is 477 g/mol. The number of amides is 1. The highest BCUT2D eigenvalue weighted by Crippen LogP contribution is 2.45. The predicted molar refractivity (Wildman–Crippen MR) is 128 cm³/mol. The molecule has 0 spiro atoms. The van der Waals surface area contributed by atoms with Crippen LogP contribution in [0.3, 0.4) is 0 Å². The number of methoxy groups -OCH3 is 1. The van der Waals surface area contributed by atoms with Crippen LogP contribution < -0.4 is 9.64 Å². The molecule has 3 aromatic rings. The molecule has 1 atom stereocenters. The van der Waals surface area contributed by atoms with E-state index < -0.39 is 23.1 Å². The van der Waals surface area contributed by atoms with Gasteiger partial charge in [0.1, 0.15) is 24.6 Å². The first-order valence-corrected chi connectivity index (χ1v) is 11.1. The number of hydrogen-bond donors (Lipinski definition) is 1. The van der Waals surface area contributed by atoms with Gasteiger partial charge in [0.2, 0.25) is 5.88 Å². The maximum Gasteiger partial charge on any atom is 0.294 e. The number of carbonyl (C=O) groups is 2. The minimum Gasteiger partial charge on any atom is -0.503 e. The first-order chi connectivity index (χ1) is 16.7. The van der Waals surface area contributed by atoms with Gasteiger partial charge in [0.25, 0.3) is 5.91 Å². The van der Waals surface area contributed by atoms with Crippen LogP contribution in [-0.4, -0.2) is 47.3 Å². The third kappa shape index (κ3) is 4.67. The second-order valence-corrected chi connectivity index (χ2v) is 9.09. The Morgan fingerprint density at radius 3 is 2.51 bits per heavy atom. The third-order valence-electron chi connectivity index (χ3n) is 5.63. The molecule has 1 aliphatic heterocycles. The summed E-state index contributed by atoms with van der Waals surface area (Å²) in [5.41, 5.74) is 1.57. The number of aliphatic hydroxyl groups is 1. The number of Topliss-reactive ketones (excluding diaryl/α,β-unsaturated/α-hetero) is 1. The molecule has 0 saturated carbocycles. The molecule has 0 aliphatic carbocycles. The lowest BCUT2D eigenvalue weighted by Crippen LogP contribution is -2.33. The highest BCUT2D eigenvalue weighted by atomic mass is 16.5. The van der Waals surface area contributed by atoms with E-state index >= 15 is 0 Å². The van der Waals surface area contributed by atoms with Crippen LogP contribution in [0, 0.1) is 5.41 Å². The largest absolute Gasteiger partial charge is 0.503 e. The van der Waals surface area contributed by atoms with Crippen LogP contribution in [0.15, 0.2) is 70.8 Å². The van der Waals surface area contributed by atoms with Crippen LogP contribution in [0.5, 0.6) is 5.88 Å². The van der Waals surface area contributed by atoms with Gasteiger partial charge >= 0.3 is 0 Å². The number of hydrogen-bond acceptors (Lipinski definition) is 8. The molecule has 35 heavy (non-hydrogen) atoms. The maximum absolute atomic E-state index is 13.5. The fourth-order valence-corrected chi connectivity index (χ4v) is 3.91. The van der Waals surface area contributed by atoms with Crippen molar-refractivity contribution in [1.82, 2.24) is 10.1 Å². The Bertz CT molecular complexity index is 1240. The van der Waals surface area contributed by atoms with Crippen LogP contribution in [0.25, 0.3) is 11.3 Å². The molecule has 9 nitrogen and oxygen atoms in total. The highest BCUT2D eigenvalue weighted by molar-refractivity contribution is 6.17. The van der Waals surface area contributed by atoms with Crippen molar-refractivity contribution in [1.29, 1.82) is 0 Å². The van der Waals surface area contributed by atoms with Gasteiger partial charge in [-0.05, 0) is 24.3 Å². The van der Waals surface area contributed by atoms with E-state index in [1.165, 1.54) is 11.2 Å². The van der Waals surface area contributed by atoms with E-state index in [0.717, 1.165) is 5.56 Å². The van der Waals surface area contributed by atoms with E-state index in [1.54, 1.807) is 76.5 Å². The second kappa shape index (κ2) is 9.71. The number of aliphatic hydroxyl groups excluding tert-OH is 1. The number of aromatic nitrogens is 2. The van der Waals surface area contributed by atoms with Gasteiger partial charge in [0.05, 0.1) is 12.2 Å². The molecule has 0 saturated heterocycles. The van der Waals surface area contributed by atoms with Crippen LogP contribution in [-0.2, 0) is 14.3 Å². The molecule has 182 valence electrons. The summed E-state index contributed by atoms with van der Waals surface area (Å²) in [6.45, 7) is 5.79. The predicted octanol–water partition coefficient (Wildman–Crippen LogP) is 4.28. The summed E-state index contributed by atoms with van der Waals surface area (Å²) >= 11 is 0. The molecule has 1 aliphatic rings. The number of ether oxygens (including phenoxy) is 2. The number of pyridine rings is 1. The summed E-state index contributed by atoms with van der Waals surface area (Å²) in [6, 6.07) is 11.3. The number of carbonyl (C=O) groups excluding carboxylic acids is 2. The Hall–Kier alpha value is -3.98. The topological polar surface area (TPSA) is 115 Å². The fraction of sp³-hybridized carbons (Fsp3) is 0.308. The lowest BCUT2D eigenvalue weighted by atomic mass is 9.82. The summed E-state index contributed by atoms with van der Waals surface area (Å²) in [4.78, 5) is 32.6. The molecule has 1 amide bonds. The Labute approximate surface area is 203 Å². The molecule has 0 bridgehead atoms. The zero-order valence-corrected chi connectivity index (χ0v) is 20.0. The van der Waals surface area contributed by atoms with Crippen molar-refractivity contribution < 1.29 is 28.7 Å². The van der Waals surface area contributed by atoms with E-state index in [9.17, 15) is 14.7 Å². The smallest absolute Gasteiger partial charge is 0.294 e. The summed E-state index contributed by atoms with van der Waals surface area (Å²) in [6.07, 6.45) is 3.04. The quantitative estimate of drug-likeness (QED) is 0.478. The zero-order valence-electron chi connectivity index (χ0n) is 20.0. The lowest BCUT2D eigenvalue weighted by Gasteiger charge is -2.29. The number of nitrogens with zero attached hydrogens (tertiary/aromatic N) is 3. The standard InChI is InChI=1S/C26H27N3O6/c1-26(2,3)23(31)20-21(18-6-5-12-27-24(18)34-15-14-33-4)29(25(32)22(20)30)17-9-7-16(8-10-17)19-11-13-35-28-19/h5-13,21,30H,14-15H2,1-4H3. The van der Waals surface area contributed by atoms with Gasteiger partial charge in [0, 0.05) is 41.6 Å². The van der Waals surface area contributed by atoms with E-state index in [4.69, 9.17) is 14.0 Å². The molecule has 3 heterocycles. The van der Waals surface area contributed by atoms with Crippen molar-refractivity contribution in [3.8, 4) is 17.1 Å². The van der Waals surface area contributed by atoms with E-state index in [0.29, 0.717) is 23.6 Å². The third-order valence-corrected chi connectivity index (χ3v) is 5.63.